The van der Waals surface area contributed by atoms with Crippen molar-refractivity contribution in [1.29, 1.82) is 0 Å². The third kappa shape index (κ3) is 5.10. The molecule has 0 radical (unpaired) electrons. The second-order valence-corrected chi connectivity index (χ2v) is 9.14. The van der Waals surface area contributed by atoms with Crippen molar-refractivity contribution in [2.75, 3.05) is 11.9 Å². The number of nitrogens with one attached hydrogen (secondary N) is 1. The van der Waals surface area contributed by atoms with E-state index in [9.17, 15) is 0 Å². The molecule has 1 N–H and O–H groups in total. The molecule has 2 aromatic carbocycles. The zero-order valence-corrected chi connectivity index (χ0v) is 19.7. The molecule has 8 heteroatoms. The Morgan fingerprint density at radius 2 is 1.97 bits per heavy atom. The molecule has 7 nitrogen and oxygen atoms in total. The normalized spacial score (nSPS) is 14.5. The maximum Gasteiger partial charge on any atom is 0.188 e. The van der Waals surface area contributed by atoms with Crippen LogP contribution in [0.25, 0.3) is 10.9 Å². The van der Waals surface area contributed by atoms with Gasteiger partial charge >= 0.3 is 0 Å². The van der Waals surface area contributed by atoms with Crippen molar-refractivity contribution >= 4 is 39.9 Å². The van der Waals surface area contributed by atoms with Gasteiger partial charge in [0.2, 0.25) is 0 Å². The standard InChI is InChI=1S/C26H24ClN5O2/c1-26(2)15-34-24(32-26)12-17-6-8-22-20(11-17)25(30-16-29-22)31-18-7-9-23(21(27)13-18)33-14-19-5-3-4-10-28-19/h3-11,13,16H,12,14-15H2,1-2H3,(H,29,30,31). The highest BCUT2D eigenvalue weighted by Gasteiger charge is 2.26. The smallest absolute Gasteiger partial charge is 0.188 e. The minimum atomic E-state index is -0.172. The highest BCUT2D eigenvalue weighted by atomic mass is 35.5. The lowest BCUT2D eigenvalue weighted by atomic mass is 10.1. The van der Waals surface area contributed by atoms with E-state index in [4.69, 9.17) is 21.1 Å². The molecule has 0 aliphatic carbocycles. The molecule has 0 saturated heterocycles. The van der Waals surface area contributed by atoms with Crippen molar-refractivity contribution in [1.82, 2.24) is 15.0 Å². The molecule has 3 heterocycles. The number of hydrogen-bond acceptors (Lipinski definition) is 7. The first-order valence-corrected chi connectivity index (χ1v) is 11.4. The summed E-state index contributed by atoms with van der Waals surface area (Å²) in [7, 11) is 0. The summed E-state index contributed by atoms with van der Waals surface area (Å²) in [6.45, 7) is 5.08. The van der Waals surface area contributed by atoms with E-state index in [1.807, 2.05) is 48.5 Å². The van der Waals surface area contributed by atoms with Gasteiger partial charge < -0.3 is 14.8 Å². The Labute approximate surface area is 202 Å². The van der Waals surface area contributed by atoms with Gasteiger partial charge in [0.25, 0.3) is 0 Å². The number of halogens is 1. The quantitative estimate of drug-likeness (QED) is 0.368. The van der Waals surface area contributed by atoms with Gasteiger partial charge in [0.05, 0.1) is 21.8 Å². The number of aromatic nitrogens is 3. The fourth-order valence-corrected chi connectivity index (χ4v) is 3.94. The molecule has 0 unspecified atom stereocenters. The van der Waals surface area contributed by atoms with Gasteiger partial charge in [0, 0.05) is 23.7 Å². The summed E-state index contributed by atoms with van der Waals surface area (Å²) >= 11 is 6.48. The molecule has 2 aromatic heterocycles. The number of anilines is 2. The molecule has 1 aliphatic heterocycles. The molecular weight excluding hydrogens is 450 g/mol. The van der Waals surface area contributed by atoms with Crippen LogP contribution in [0.3, 0.4) is 0 Å². The summed E-state index contributed by atoms with van der Waals surface area (Å²) in [6.07, 6.45) is 3.91. The lowest BCUT2D eigenvalue weighted by Crippen LogP contribution is -2.17. The zero-order chi connectivity index (χ0) is 23.5. The average Bonchev–Trinajstić information content (AvgIpc) is 3.17. The van der Waals surface area contributed by atoms with Gasteiger partial charge in [0.1, 0.15) is 31.1 Å². The molecule has 0 amide bonds. The topological polar surface area (TPSA) is 81.5 Å². The van der Waals surface area contributed by atoms with Crippen molar-refractivity contribution in [3.63, 3.8) is 0 Å². The molecular formula is C26H24ClN5O2. The van der Waals surface area contributed by atoms with Gasteiger partial charge in [-0.3, -0.25) is 4.98 Å². The number of fused-ring (bicyclic) bond motifs is 1. The summed E-state index contributed by atoms with van der Waals surface area (Å²) in [5, 5.41) is 4.76. The third-order valence-electron chi connectivity index (χ3n) is 5.37. The van der Waals surface area contributed by atoms with E-state index in [2.05, 4.69) is 45.2 Å². The first kappa shape index (κ1) is 22.1. The van der Waals surface area contributed by atoms with Gasteiger partial charge in [-0.05, 0) is 61.9 Å². The predicted molar refractivity (Wildman–Crippen MR) is 134 cm³/mol. The van der Waals surface area contributed by atoms with Crippen molar-refractivity contribution < 1.29 is 9.47 Å². The molecule has 0 bridgehead atoms. The molecule has 0 spiro atoms. The first-order valence-electron chi connectivity index (χ1n) is 11.0. The predicted octanol–water partition coefficient (Wildman–Crippen LogP) is 5.75. The Hall–Kier alpha value is -3.71. The number of pyridine rings is 1. The van der Waals surface area contributed by atoms with Crippen LogP contribution in [0, 0.1) is 0 Å². The van der Waals surface area contributed by atoms with Gasteiger partial charge in [-0.1, -0.05) is 23.7 Å². The van der Waals surface area contributed by atoms with Crippen LogP contribution in [0.15, 0.2) is 72.1 Å². The Bertz CT molecular complexity index is 1360. The number of aliphatic imine (C=N–C) groups is 1. The summed E-state index contributed by atoms with van der Waals surface area (Å²) in [6, 6.07) is 17.4. The number of hydrogen-bond donors (Lipinski definition) is 1. The van der Waals surface area contributed by atoms with Gasteiger partial charge in [-0.25, -0.2) is 15.0 Å². The molecule has 172 valence electrons. The molecule has 0 saturated carbocycles. The molecule has 4 aromatic rings. The number of nitrogens with zero attached hydrogens (tertiary/aromatic N) is 4. The van der Waals surface area contributed by atoms with E-state index in [1.165, 1.54) is 0 Å². The first-order chi connectivity index (χ1) is 16.4. The fraction of sp³-hybridized carbons (Fsp3) is 0.231. The molecule has 0 fully saturated rings. The van der Waals surface area contributed by atoms with Crippen LogP contribution < -0.4 is 10.1 Å². The van der Waals surface area contributed by atoms with E-state index >= 15 is 0 Å². The van der Waals surface area contributed by atoms with Crippen molar-refractivity contribution in [3.05, 3.63) is 83.4 Å². The van der Waals surface area contributed by atoms with Gasteiger partial charge in [-0.15, -0.1) is 0 Å². The van der Waals surface area contributed by atoms with E-state index in [1.54, 1.807) is 12.5 Å². The number of ether oxygens (including phenoxy) is 2. The van der Waals surface area contributed by atoms with Crippen LogP contribution in [0.5, 0.6) is 5.75 Å². The third-order valence-corrected chi connectivity index (χ3v) is 5.67. The molecule has 34 heavy (non-hydrogen) atoms. The Morgan fingerprint density at radius 1 is 1.06 bits per heavy atom. The van der Waals surface area contributed by atoms with Crippen molar-refractivity contribution in [2.45, 2.75) is 32.4 Å². The summed E-state index contributed by atoms with van der Waals surface area (Å²) in [4.78, 5) is 17.8. The molecule has 1 aliphatic rings. The summed E-state index contributed by atoms with van der Waals surface area (Å²) in [5.41, 5.74) is 3.39. The summed E-state index contributed by atoms with van der Waals surface area (Å²) < 4.78 is 11.6. The largest absolute Gasteiger partial charge is 0.486 e. The van der Waals surface area contributed by atoms with Gasteiger partial charge in [-0.2, -0.15) is 0 Å². The Balaban J connectivity index is 1.34. The van der Waals surface area contributed by atoms with Crippen LogP contribution >= 0.6 is 11.6 Å². The maximum atomic E-state index is 6.48. The Kier molecular flexibility index (Phi) is 6.02. The second-order valence-electron chi connectivity index (χ2n) is 8.74. The maximum absolute atomic E-state index is 6.48. The average molecular weight is 474 g/mol. The van der Waals surface area contributed by atoms with Crippen LogP contribution in [-0.2, 0) is 17.8 Å². The van der Waals surface area contributed by atoms with Crippen molar-refractivity contribution in [2.24, 2.45) is 4.99 Å². The minimum absolute atomic E-state index is 0.172. The van der Waals surface area contributed by atoms with E-state index in [0.29, 0.717) is 36.2 Å². The fourth-order valence-electron chi connectivity index (χ4n) is 3.71. The monoisotopic (exact) mass is 473 g/mol. The lowest BCUT2D eigenvalue weighted by molar-refractivity contribution is 0.275. The highest BCUT2D eigenvalue weighted by molar-refractivity contribution is 6.32. The zero-order valence-electron chi connectivity index (χ0n) is 19.0. The minimum Gasteiger partial charge on any atom is -0.486 e. The van der Waals surface area contributed by atoms with E-state index < -0.39 is 0 Å². The van der Waals surface area contributed by atoms with Crippen LogP contribution in [0.2, 0.25) is 5.02 Å². The molecule has 5 rings (SSSR count). The second kappa shape index (κ2) is 9.27. The SMILES string of the molecule is CC1(C)COC(Cc2ccc3ncnc(Nc4ccc(OCc5ccccn5)c(Cl)c4)c3c2)=N1. The van der Waals surface area contributed by atoms with Crippen LogP contribution in [0.1, 0.15) is 25.1 Å². The lowest BCUT2D eigenvalue weighted by Gasteiger charge is -2.12. The van der Waals surface area contributed by atoms with Gasteiger partial charge in [0.15, 0.2) is 5.90 Å². The highest BCUT2D eigenvalue weighted by Crippen LogP contribution is 2.31. The number of benzene rings is 2. The number of rotatable bonds is 7. The Morgan fingerprint density at radius 3 is 2.74 bits per heavy atom. The molecule has 0 atom stereocenters. The van der Waals surface area contributed by atoms with E-state index in [-0.39, 0.29) is 5.54 Å². The van der Waals surface area contributed by atoms with E-state index in [0.717, 1.165) is 33.7 Å². The summed E-state index contributed by atoms with van der Waals surface area (Å²) in [5.74, 6) is 2.04. The van der Waals surface area contributed by atoms with Crippen LogP contribution in [0.4, 0.5) is 11.5 Å². The van der Waals surface area contributed by atoms with Crippen LogP contribution in [-0.4, -0.2) is 33.0 Å². The van der Waals surface area contributed by atoms with Crippen molar-refractivity contribution in [3.8, 4) is 5.75 Å².